The molecular weight excluding hydrogens is 376 g/mol. The van der Waals surface area contributed by atoms with Crippen LogP contribution in [0.25, 0.3) is 11.4 Å². The Morgan fingerprint density at radius 2 is 1.93 bits per heavy atom. The molecule has 1 fully saturated rings. The first kappa shape index (κ1) is 20.1. The van der Waals surface area contributed by atoms with Crippen LogP contribution in [0.15, 0.2) is 53.1 Å². The van der Waals surface area contributed by atoms with Crippen molar-refractivity contribution in [2.45, 2.75) is 45.4 Å². The molecule has 2 aromatic carbocycles. The van der Waals surface area contributed by atoms with Crippen molar-refractivity contribution in [3.63, 3.8) is 0 Å². The number of nitrogens with zero attached hydrogens (tertiary/aromatic N) is 3. The first-order valence-electron chi connectivity index (χ1n) is 10.6. The summed E-state index contributed by atoms with van der Waals surface area (Å²) in [6, 6.07) is 16.0. The van der Waals surface area contributed by atoms with Crippen molar-refractivity contribution < 1.29 is 9.32 Å². The Balaban J connectivity index is 1.43. The van der Waals surface area contributed by atoms with Crippen LogP contribution in [0.4, 0.5) is 10.5 Å². The van der Waals surface area contributed by atoms with Crippen molar-refractivity contribution >= 4 is 11.7 Å². The maximum Gasteiger partial charge on any atom is 0.321 e. The number of piperidine rings is 1. The molecule has 1 aliphatic rings. The number of aryl methyl sites for hydroxylation is 1. The van der Waals surface area contributed by atoms with Gasteiger partial charge in [-0.25, -0.2) is 4.79 Å². The van der Waals surface area contributed by atoms with Gasteiger partial charge < -0.3 is 14.7 Å². The second-order valence-corrected chi connectivity index (χ2v) is 8.26. The van der Waals surface area contributed by atoms with Crippen molar-refractivity contribution in [2.75, 3.05) is 18.4 Å². The SMILES string of the molecule is Cc1ccccc1NC(=O)N1CCC[C@H](c2nc(-c3ccc(C(C)C)cc3)no2)C1. The number of anilines is 1. The highest BCUT2D eigenvalue weighted by molar-refractivity contribution is 5.90. The summed E-state index contributed by atoms with van der Waals surface area (Å²) >= 11 is 0. The number of hydrogen-bond acceptors (Lipinski definition) is 4. The van der Waals surface area contributed by atoms with Gasteiger partial charge in [-0.15, -0.1) is 0 Å². The predicted molar refractivity (Wildman–Crippen MR) is 118 cm³/mol. The van der Waals surface area contributed by atoms with Gasteiger partial charge in [0, 0.05) is 24.3 Å². The highest BCUT2D eigenvalue weighted by Crippen LogP contribution is 2.28. The molecule has 4 rings (SSSR count). The van der Waals surface area contributed by atoms with Crippen molar-refractivity contribution in [1.82, 2.24) is 15.0 Å². The number of carbonyl (C=O) groups excluding carboxylic acids is 1. The molecule has 2 amide bonds. The molecule has 0 saturated carbocycles. The van der Waals surface area contributed by atoms with Crippen molar-refractivity contribution in [2.24, 2.45) is 0 Å². The number of aromatic nitrogens is 2. The largest absolute Gasteiger partial charge is 0.339 e. The lowest BCUT2D eigenvalue weighted by molar-refractivity contribution is 0.184. The molecule has 2 heterocycles. The van der Waals surface area contributed by atoms with E-state index in [1.54, 1.807) is 0 Å². The Morgan fingerprint density at radius 3 is 2.67 bits per heavy atom. The minimum absolute atomic E-state index is 0.0533. The molecule has 6 nitrogen and oxygen atoms in total. The minimum Gasteiger partial charge on any atom is -0.339 e. The van der Waals surface area contributed by atoms with Crippen LogP contribution in [-0.2, 0) is 0 Å². The summed E-state index contributed by atoms with van der Waals surface area (Å²) in [6.45, 7) is 7.64. The van der Waals surface area contributed by atoms with E-state index in [1.807, 2.05) is 48.2 Å². The van der Waals surface area contributed by atoms with Gasteiger partial charge >= 0.3 is 6.03 Å². The first-order valence-corrected chi connectivity index (χ1v) is 10.6. The number of benzene rings is 2. The lowest BCUT2D eigenvalue weighted by Gasteiger charge is -2.31. The van der Waals surface area contributed by atoms with Crippen LogP contribution in [0.3, 0.4) is 0 Å². The van der Waals surface area contributed by atoms with Crippen LogP contribution in [-0.4, -0.2) is 34.2 Å². The van der Waals surface area contributed by atoms with E-state index in [1.165, 1.54) is 5.56 Å². The van der Waals surface area contributed by atoms with Gasteiger partial charge in [0.2, 0.25) is 11.7 Å². The van der Waals surface area contributed by atoms with Crippen LogP contribution < -0.4 is 5.32 Å². The fraction of sp³-hybridized carbons (Fsp3) is 0.375. The summed E-state index contributed by atoms with van der Waals surface area (Å²) in [5, 5.41) is 7.20. The Morgan fingerprint density at radius 1 is 1.17 bits per heavy atom. The van der Waals surface area contributed by atoms with Crippen LogP contribution in [0.1, 0.15) is 55.5 Å². The van der Waals surface area contributed by atoms with Crippen LogP contribution in [0.2, 0.25) is 0 Å². The number of carbonyl (C=O) groups is 1. The Bertz CT molecular complexity index is 1010. The molecule has 0 spiro atoms. The number of para-hydroxylation sites is 1. The molecule has 0 bridgehead atoms. The van der Waals surface area contributed by atoms with Gasteiger partial charge in [0.05, 0.1) is 5.92 Å². The summed E-state index contributed by atoms with van der Waals surface area (Å²) < 4.78 is 5.58. The molecule has 1 N–H and O–H groups in total. The summed E-state index contributed by atoms with van der Waals surface area (Å²) in [7, 11) is 0. The van der Waals surface area contributed by atoms with Crippen molar-refractivity contribution in [1.29, 1.82) is 0 Å². The Kier molecular flexibility index (Phi) is 5.84. The molecular formula is C24H28N4O2. The van der Waals surface area contributed by atoms with E-state index in [0.717, 1.165) is 36.2 Å². The number of nitrogens with one attached hydrogen (secondary N) is 1. The molecule has 1 saturated heterocycles. The molecule has 0 radical (unpaired) electrons. The fourth-order valence-electron chi connectivity index (χ4n) is 3.81. The summed E-state index contributed by atoms with van der Waals surface area (Å²) in [5.74, 6) is 1.74. The highest BCUT2D eigenvalue weighted by atomic mass is 16.5. The predicted octanol–water partition coefficient (Wildman–Crippen LogP) is 5.58. The van der Waals surface area contributed by atoms with Crippen LogP contribution in [0.5, 0.6) is 0 Å². The van der Waals surface area contributed by atoms with Crippen molar-refractivity contribution in [3.05, 3.63) is 65.5 Å². The van der Waals surface area contributed by atoms with Gasteiger partial charge in [-0.2, -0.15) is 4.98 Å². The summed E-state index contributed by atoms with van der Waals surface area (Å²) in [6.07, 6.45) is 1.84. The van der Waals surface area contributed by atoms with E-state index in [2.05, 4.69) is 41.4 Å². The topological polar surface area (TPSA) is 71.3 Å². The molecule has 30 heavy (non-hydrogen) atoms. The normalized spacial score (nSPS) is 16.7. The zero-order valence-corrected chi connectivity index (χ0v) is 17.8. The molecule has 0 unspecified atom stereocenters. The second-order valence-electron chi connectivity index (χ2n) is 8.26. The third-order valence-electron chi connectivity index (χ3n) is 5.72. The molecule has 6 heteroatoms. The standard InChI is InChI=1S/C24H28N4O2/c1-16(2)18-10-12-19(13-11-18)22-26-23(30-27-22)20-8-6-14-28(15-20)24(29)25-21-9-5-4-7-17(21)3/h4-5,7,9-13,16,20H,6,8,14-15H2,1-3H3,(H,25,29)/t20-/m0/s1. The lowest BCUT2D eigenvalue weighted by Crippen LogP contribution is -2.41. The Labute approximate surface area is 177 Å². The number of hydrogen-bond donors (Lipinski definition) is 1. The average Bonchev–Trinajstić information content (AvgIpc) is 3.26. The number of likely N-dealkylation sites (tertiary alicyclic amines) is 1. The Hall–Kier alpha value is -3.15. The molecule has 0 aliphatic carbocycles. The van der Waals surface area contributed by atoms with Crippen molar-refractivity contribution in [3.8, 4) is 11.4 Å². The molecule has 1 aromatic heterocycles. The number of amides is 2. The van der Waals surface area contributed by atoms with E-state index in [-0.39, 0.29) is 11.9 Å². The highest BCUT2D eigenvalue weighted by Gasteiger charge is 2.29. The minimum atomic E-state index is -0.0852. The zero-order chi connectivity index (χ0) is 21.1. The zero-order valence-electron chi connectivity index (χ0n) is 17.8. The van der Waals surface area contributed by atoms with Gasteiger partial charge in [0.25, 0.3) is 0 Å². The van der Waals surface area contributed by atoms with E-state index in [0.29, 0.717) is 24.2 Å². The number of urea groups is 1. The maximum atomic E-state index is 12.8. The van der Waals surface area contributed by atoms with E-state index >= 15 is 0 Å². The molecule has 156 valence electrons. The van der Waals surface area contributed by atoms with E-state index in [9.17, 15) is 4.79 Å². The van der Waals surface area contributed by atoms with Gasteiger partial charge in [0.15, 0.2) is 0 Å². The van der Waals surface area contributed by atoms with Crippen LogP contribution in [0, 0.1) is 6.92 Å². The first-order chi connectivity index (χ1) is 14.5. The average molecular weight is 405 g/mol. The monoisotopic (exact) mass is 404 g/mol. The quantitative estimate of drug-likeness (QED) is 0.616. The fourth-order valence-corrected chi connectivity index (χ4v) is 3.81. The van der Waals surface area contributed by atoms with E-state index < -0.39 is 0 Å². The molecule has 1 aliphatic heterocycles. The molecule has 1 atom stereocenters. The van der Waals surface area contributed by atoms with Crippen LogP contribution >= 0.6 is 0 Å². The van der Waals surface area contributed by atoms with Gasteiger partial charge in [-0.3, -0.25) is 0 Å². The smallest absolute Gasteiger partial charge is 0.321 e. The third kappa shape index (κ3) is 4.37. The second kappa shape index (κ2) is 8.69. The van der Waals surface area contributed by atoms with Gasteiger partial charge in [0.1, 0.15) is 0 Å². The molecule has 3 aromatic rings. The summed E-state index contributed by atoms with van der Waals surface area (Å²) in [5.41, 5.74) is 4.11. The van der Waals surface area contributed by atoms with Gasteiger partial charge in [-0.1, -0.05) is 61.5 Å². The van der Waals surface area contributed by atoms with Gasteiger partial charge in [-0.05, 0) is 42.9 Å². The van der Waals surface area contributed by atoms with E-state index in [4.69, 9.17) is 4.52 Å². The summed E-state index contributed by atoms with van der Waals surface area (Å²) in [4.78, 5) is 19.2. The number of rotatable bonds is 4. The lowest BCUT2D eigenvalue weighted by atomic mass is 9.98. The third-order valence-corrected chi connectivity index (χ3v) is 5.72. The maximum absolute atomic E-state index is 12.8.